The average Bonchev–Trinajstić information content (AvgIpc) is 2.90. The van der Waals surface area contributed by atoms with Crippen molar-refractivity contribution >= 4 is 16.0 Å². The molecular formula is C33H65NO5S. The molecule has 0 radical (unpaired) electrons. The summed E-state index contributed by atoms with van der Waals surface area (Å²) in [6.45, 7) is 4.47. The molecular weight excluding hydrogens is 522 g/mol. The van der Waals surface area contributed by atoms with Crippen molar-refractivity contribution in [2.45, 2.75) is 187 Å². The number of hydrogen-bond acceptors (Lipinski definition) is 4. The van der Waals surface area contributed by atoms with Crippen molar-refractivity contribution in [3.63, 3.8) is 0 Å². The summed E-state index contributed by atoms with van der Waals surface area (Å²) in [6.07, 6.45) is 32.0. The number of hydrogen-bond donors (Lipinski definition) is 3. The summed E-state index contributed by atoms with van der Waals surface area (Å²) in [5.41, 5.74) is 0. The van der Waals surface area contributed by atoms with E-state index in [-0.39, 0.29) is 5.91 Å². The van der Waals surface area contributed by atoms with Gasteiger partial charge in [0.05, 0.1) is 17.9 Å². The van der Waals surface area contributed by atoms with E-state index < -0.39 is 28.0 Å². The number of aliphatic hydroxyl groups is 1. The van der Waals surface area contributed by atoms with Crippen molar-refractivity contribution in [1.29, 1.82) is 0 Å². The van der Waals surface area contributed by atoms with Gasteiger partial charge in [-0.3, -0.25) is 9.35 Å². The molecule has 2 atom stereocenters. The standard InChI is InChI=1S/C33H65NO5S/c1-3-5-7-9-11-13-14-15-16-17-18-19-21-22-24-26-28-32(35)31(30-40(37,38)39)34-33(36)29-27-25-23-20-12-10-8-6-4-2/h26,28,31-32,35H,3-25,27,29-30H2,1-2H3,(H,34,36)(H,37,38,39)/b28-26+. The molecule has 0 bridgehead atoms. The summed E-state index contributed by atoms with van der Waals surface area (Å²) in [5.74, 6) is -0.975. The Morgan fingerprint density at radius 1 is 0.650 bits per heavy atom. The first kappa shape index (κ1) is 39.1. The van der Waals surface area contributed by atoms with Gasteiger partial charge in [0.1, 0.15) is 0 Å². The van der Waals surface area contributed by atoms with Crippen LogP contribution < -0.4 is 5.32 Å². The molecule has 0 aromatic carbocycles. The molecule has 0 aliphatic rings. The zero-order valence-corrected chi connectivity index (χ0v) is 27.0. The molecule has 0 fully saturated rings. The maximum absolute atomic E-state index is 12.4. The maximum Gasteiger partial charge on any atom is 0.267 e. The largest absolute Gasteiger partial charge is 0.387 e. The number of amides is 1. The number of carbonyl (C=O) groups excluding carboxylic acids is 1. The Morgan fingerprint density at radius 3 is 1.43 bits per heavy atom. The van der Waals surface area contributed by atoms with Gasteiger partial charge in [-0.2, -0.15) is 8.42 Å². The Kier molecular flexibility index (Phi) is 27.6. The number of aliphatic hydroxyl groups excluding tert-OH is 1. The van der Waals surface area contributed by atoms with E-state index in [1.54, 1.807) is 6.08 Å². The van der Waals surface area contributed by atoms with Gasteiger partial charge in [0, 0.05) is 6.42 Å². The van der Waals surface area contributed by atoms with Gasteiger partial charge in [0.25, 0.3) is 10.1 Å². The van der Waals surface area contributed by atoms with Gasteiger partial charge in [0.15, 0.2) is 0 Å². The summed E-state index contributed by atoms with van der Waals surface area (Å²) < 4.78 is 32.2. The lowest BCUT2D eigenvalue weighted by atomic mass is 10.0. The summed E-state index contributed by atoms with van der Waals surface area (Å²) >= 11 is 0. The first-order valence-corrected chi connectivity index (χ1v) is 18.5. The van der Waals surface area contributed by atoms with E-state index in [1.807, 2.05) is 6.08 Å². The van der Waals surface area contributed by atoms with Crippen LogP contribution in [0.2, 0.25) is 0 Å². The van der Waals surface area contributed by atoms with Crippen LogP contribution in [-0.2, 0) is 14.9 Å². The summed E-state index contributed by atoms with van der Waals surface area (Å²) in [4.78, 5) is 12.4. The molecule has 1 amide bonds. The number of rotatable bonds is 30. The lowest BCUT2D eigenvalue weighted by Crippen LogP contribution is -2.46. The fourth-order valence-electron chi connectivity index (χ4n) is 5.15. The predicted molar refractivity (Wildman–Crippen MR) is 170 cm³/mol. The Labute approximate surface area is 248 Å². The molecule has 0 aliphatic carbocycles. The van der Waals surface area contributed by atoms with Crippen LogP contribution in [0, 0.1) is 0 Å². The van der Waals surface area contributed by atoms with Crippen molar-refractivity contribution in [1.82, 2.24) is 5.32 Å². The molecule has 7 heteroatoms. The number of allylic oxidation sites excluding steroid dienone is 1. The first-order chi connectivity index (χ1) is 19.3. The second-order valence-corrected chi connectivity index (χ2v) is 13.3. The van der Waals surface area contributed by atoms with Crippen molar-refractivity contribution < 1.29 is 22.9 Å². The molecule has 3 N–H and O–H groups in total. The quantitative estimate of drug-likeness (QED) is 0.0442. The minimum Gasteiger partial charge on any atom is -0.387 e. The zero-order chi connectivity index (χ0) is 29.7. The van der Waals surface area contributed by atoms with Gasteiger partial charge in [-0.1, -0.05) is 161 Å². The molecule has 2 unspecified atom stereocenters. The van der Waals surface area contributed by atoms with E-state index in [0.29, 0.717) is 6.42 Å². The van der Waals surface area contributed by atoms with Crippen molar-refractivity contribution in [2.24, 2.45) is 0 Å². The molecule has 0 spiro atoms. The molecule has 0 rings (SSSR count). The minimum atomic E-state index is -4.33. The number of unbranched alkanes of at least 4 members (excludes halogenated alkanes) is 22. The fourth-order valence-corrected chi connectivity index (χ4v) is 5.89. The van der Waals surface area contributed by atoms with E-state index >= 15 is 0 Å². The van der Waals surface area contributed by atoms with Gasteiger partial charge >= 0.3 is 0 Å². The van der Waals surface area contributed by atoms with Crippen LogP contribution in [0.25, 0.3) is 0 Å². The van der Waals surface area contributed by atoms with Crippen LogP contribution >= 0.6 is 0 Å². The van der Waals surface area contributed by atoms with Gasteiger partial charge < -0.3 is 10.4 Å². The highest BCUT2D eigenvalue weighted by atomic mass is 32.2. The van der Waals surface area contributed by atoms with Crippen LogP contribution in [0.5, 0.6) is 0 Å². The average molecular weight is 588 g/mol. The highest BCUT2D eigenvalue weighted by Gasteiger charge is 2.24. The maximum atomic E-state index is 12.4. The minimum absolute atomic E-state index is 0.281. The molecule has 0 heterocycles. The van der Waals surface area contributed by atoms with Crippen molar-refractivity contribution in [3.05, 3.63) is 12.2 Å². The number of carbonyl (C=O) groups is 1. The normalized spacial score (nSPS) is 13.6. The van der Waals surface area contributed by atoms with Crippen LogP contribution in [0.15, 0.2) is 12.2 Å². The monoisotopic (exact) mass is 587 g/mol. The van der Waals surface area contributed by atoms with Crippen LogP contribution in [-0.4, -0.2) is 41.9 Å². The summed E-state index contributed by atoms with van der Waals surface area (Å²) in [6, 6.07) is -1.05. The van der Waals surface area contributed by atoms with Crippen molar-refractivity contribution in [3.8, 4) is 0 Å². The predicted octanol–water partition coefficient (Wildman–Crippen LogP) is 9.07. The lowest BCUT2D eigenvalue weighted by Gasteiger charge is -2.21. The highest BCUT2D eigenvalue weighted by molar-refractivity contribution is 7.85. The smallest absolute Gasteiger partial charge is 0.267 e. The zero-order valence-electron chi connectivity index (χ0n) is 26.2. The summed E-state index contributed by atoms with van der Waals surface area (Å²) in [7, 11) is -4.33. The third-order valence-corrected chi connectivity index (χ3v) is 8.49. The first-order valence-electron chi connectivity index (χ1n) is 16.9. The number of nitrogens with one attached hydrogen (secondary N) is 1. The van der Waals surface area contributed by atoms with Crippen LogP contribution in [0.3, 0.4) is 0 Å². The van der Waals surface area contributed by atoms with Crippen molar-refractivity contribution in [2.75, 3.05) is 5.75 Å². The Balaban J connectivity index is 3.99. The molecule has 0 saturated heterocycles. The van der Waals surface area contributed by atoms with E-state index in [1.165, 1.54) is 116 Å². The topological polar surface area (TPSA) is 104 Å². The SMILES string of the molecule is CCCCCCCCCCCCCCCC/C=C/C(O)C(CS(=O)(=O)O)NC(=O)CCCCCCCCCCC. The van der Waals surface area contributed by atoms with Gasteiger partial charge in [-0.05, 0) is 19.3 Å². The fraction of sp³-hybridized carbons (Fsp3) is 0.909. The van der Waals surface area contributed by atoms with Gasteiger partial charge in [-0.15, -0.1) is 0 Å². The Hall–Kier alpha value is -0.920. The van der Waals surface area contributed by atoms with Gasteiger partial charge in [-0.25, -0.2) is 0 Å². The van der Waals surface area contributed by atoms with E-state index in [0.717, 1.165) is 38.5 Å². The third kappa shape index (κ3) is 28.6. The highest BCUT2D eigenvalue weighted by Crippen LogP contribution is 2.14. The second-order valence-electron chi connectivity index (χ2n) is 11.8. The third-order valence-electron chi connectivity index (χ3n) is 7.71. The molecule has 0 aliphatic heterocycles. The Bertz CT molecular complexity index is 695. The molecule has 0 saturated carbocycles. The molecule has 0 aromatic heterocycles. The van der Waals surface area contributed by atoms with Gasteiger partial charge in [0.2, 0.25) is 5.91 Å². The van der Waals surface area contributed by atoms with E-state index in [4.69, 9.17) is 0 Å². The van der Waals surface area contributed by atoms with E-state index in [2.05, 4.69) is 19.2 Å². The Morgan fingerprint density at radius 2 is 1.02 bits per heavy atom. The molecule has 0 aromatic rings. The van der Waals surface area contributed by atoms with E-state index in [9.17, 15) is 22.9 Å². The molecule has 40 heavy (non-hydrogen) atoms. The summed E-state index contributed by atoms with van der Waals surface area (Å²) in [5, 5.41) is 13.1. The lowest BCUT2D eigenvalue weighted by molar-refractivity contribution is -0.122. The second kappa shape index (κ2) is 28.2. The molecule has 6 nitrogen and oxygen atoms in total. The van der Waals surface area contributed by atoms with Crippen LogP contribution in [0.4, 0.5) is 0 Å². The van der Waals surface area contributed by atoms with Crippen LogP contribution in [0.1, 0.15) is 174 Å². The molecule has 238 valence electrons.